The van der Waals surface area contributed by atoms with Gasteiger partial charge in [-0.3, -0.25) is 29.4 Å². The van der Waals surface area contributed by atoms with Crippen LogP contribution in [0.25, 0.3) is 0 Å². The van der Waals surface area contributed by atoms with Crippen LogP contribution in [0.4, 0.5) is 0 Å². The lowest BCUT2D eigenvalue weighted by molar-refractivity contribution is -0.0259. The van der Waals surface area contributed by atoms with E-state index >= 15 is 0 Å². The lowest BCUT2D eigenvalue weighted by Gasteiger charge is -2.47. The number of ether oxygens (including phenoxy) is 12. The zero-order chi connectivity index (χ0) is 155. The Hall–Kier alpha value is -7.56. The summed E-state index contributed by atoms with van der Waals surface area (Å²) in [6, 6.07) is 9.75. The Labute approximate surface area is 927 Å². The molecule has 12 heterocycles. The number of hydrogen-bond donors (Lipinski definition) is 6. The van der Waals surface area contributed by atoms with E-state index < -0.39 is 272 Å². The monoisotopic (exact) mass is 2010 g/mol. The minimum absolute atomic E-state index is 0.0106. The van der Waals surface area contributed by atoms with E-state index in [2.05, 4.69) is 0 Å². The summed E-state index contributed by atoms with van der Waals surface area (Å²) in [5.74, 6) is -14.6. The van der Waals surface area contributed by atoms with Gasteiger partial charge in [-0.2, -0.15) is 0 Å². The first-order valence-electron chi connectivity index (χ1n) is 77.9. The van der Waals surface area contributed by atoms with Crippen LogP contribution >= 0.6 is 0 Å². The SMILES string of the molecule is [2H]C([2H])([2H])C(C)(C([2H])([2H])[2H])C([2H])([2H])C1([2H])C([2H])([2H])N2CCc3cc(OC)c(OC)cc3C2C([2H])([2H])C1([2H])O.[2H]C([2H])([2H])Oc1cc2c(cc1OC([2H])([2H])[2H])C1CC(O)C(C([2H])([2H])C(C)(C([2H])([2H])[2H])C([2H])([2H])[2H])C([2H])([2H])N1CC2.[2H]C([2H])([2H])Oc1cc2c(cc1OC([2H])([2H])[2H])C1CC(O)C(CC(C)C)C([2H])([2H])N1CC2.[2H]C([2H])([2H])Oc1cc2c(cc1OC)C1N(CC2)C([2H])([2H])C([2H])(CC(C)C)C([2H])(O)C1([2H])[2H].[2H]C([2H])([2H])Oc1cc2c(cc1OC)CCN1C2C([2H])([2H])C([2H])(O)C([2H])(CC(C)C)C1([2H])[2H].[2H]C1([2H])C2c3cc(OC)c(OC)cc3CCN2C([2H])([2H])C([2H])(CC(C)C)C1([2H])O. The molecule has 0 aromatic heterocycles. The third-order valence-electron chi connectivity index (χ3n) is 25.9. The highest BCUT2D eigenvalue weighted by Gasteiger charge is 2.47. The molecule has 24 nitrogen and oxygen atoms in total. The highest BCUT2D eigenvalue weighted by molar-refractivity contribution is 5.55. The maximum atomic E-state index is 11.5. The van der Waals surface area contributed by atoms with E-state index in [-0.39, 0.29) is 188 Å². The number of methoxy groups -OCH3 is 12. The van der Waals surface area contributed by atoms with Gasteiger partial charge in [0.05, 0.1) is 152 Å². The number of aliphatic hydroxyl groups excluding tert-OH is 2. The van der Waals surface area contributed by atoms with Crippen molar-refractivity contribution in [2.45, 2.75) is 285 Å². The average molecular weight is 2010 g/mol. The van der Waals surface area contributed by atoms with Crippen molar-refractivity contribution >= 4 is 0 Å². The molecule has 780 valence electrons. The molecule has 24 heteroatoms. The summed E-state index contributed by atoms with van der Waals surface area (Å²) in [5.41, 5.74) is -1.23. The quantitative estimate of drug-likeness (QED) is 0.0369. The first kappa shape index (κ1) is 53.7. The van der Waals surface area contributed by atoms with Gasteiger partial charge in [0, 0.05) is 169 Å². The van der Waals surface area contributed by atoms with E-state index in [4.69, 9.17) is 142 Å². The summed E-state index contributed by atoms with van der Waals surface area (Å²) < 4.78 is 570. The molecule has 140 heavy (non-hydrogen) atoms. The summed E-state index contributed by atoms with van der Waals surface area (Å²) in [6.07, 6.45) is -33.3. The molecule has 0 aliphatic carbocycles. The van der Waals surface area contributed by atoms with Gasteiger partial charge >= 0.3 is 0 Å². The van der Waals surface area contributed by atoms with Crippen LogP contribution in [-0.4, -0.2) is 260 Å². The number of nitrogens with zero attached hydrogens (tertiary/aromatic N) is 6. The molecular formula is C116H178N6O18. The summed E-state index contributed by atoms with van der Waals surface area (Å²) in [7, 11) is -8.82. The third-order valence-corrected chi connectivity index (χ3v) is 25.9. The van der Waals surface area contributed by atoms with E-state index in [1.807, 2.05) is 13.8 Å². The number of fused-ring (bicyclic) bond motifs is 18. The molecule has 0 bridgehead atoms. The maximum absolute atomic E-state index is 11.5. The van der Waals surface area contributed by atoms with E-state index in [1.54, 1.807) is 58.6 Å². The van der Waals surface area contributed by atoms with Gasteiger partial charge in [0.25, 0.3) is 0 Å². The summed E-state index contributed by atoms with van der Waals surface area (Å²) in [4.78, 5) is 7.34. The molecule has 6 N–H and O–H groups in total. The Bertz CT molecular complexity index is 7880. The van der Waals surface area contributed by atoms with Crippen molar-refractivity contribution < 1.29 is 172 Å². The van der Waals surface area contributed by atoms with E-state index in [1.165, 1.54) is 123 Å². The molecule has 12 aliphatic heterocycles. The third kappa shape index (κ3) is 26.3. The predicted octanol–water partition coefficient (Wildman–Crippen LogP) is 19.0. The topological polar surface area (TPSA) is 252 Å². The molecule has 0 saturated carbocycles. The zero-order valence-electron chi connectivity index (χ0n) is 144. The fourth-order valence-electron chi connectivity index (χ4n) is 19.5. The van der Waals surface area contributed by atoms with Gasteiger partial charge in [0.15, 0.2) is 69.0 Å². The van der Waals surface area contributed by atoms with Crippen molar-refractivity contribution in [3.8, 4) is 69.0 Å². The molecule has 6 aromatic carbocycles. The van der Waals surface area contributed by atoms with Gasteiger partial charge in [-0.1, -0.05) is 96.6 Å². The van der Waals surface area contributed by atoms with Crippen LogP contribution in [0.5, 0.6) is 69.0 Å². The van der Waals surface area contributed by atoms with Crippen LogP contribution in [-0.2, 0) is 38.5 Å². The highest BCUT2D eigenvalue weighted by atomic mass is 16.5. The second-order valence-electron chi connectivity index (χ2n) is 38.2. The Balaban J connectivity index is 0.000000195. The lowest BCUT2D eigenvalue weighted by atomic mass is 9.75. The molecule has 0 spiro atoms. The fraction of sp³-hybridized carbons (Fsp3) is 0.690. The lowest BCUT2D eigenvalue weighted by Crippen LogP contribution is -2.48. The average Bonchev–Trinajstić information content (AvgIpc) is 0.645. The smallest absolute Gasteiger partial charge is 0.161 e. The van der Waals surface area contributed by atoms with Crippen molar-refractivity contribution in [2.24, 2.45) is 69.9 Å². The molecule has 18 atom stereocenters. The fourth-order valence-corrected chi connectivity index (χ4v) is 19.5. The van der Waals surface area contributed by atoms with E-state index in [0.717, 1.165) is 16.0 Å². The van der Waals surface area contributed by atoms with Crippen LogP contribution in [0.15, 0.2) is 72.8 Å². The highest BCUT2D eigenvalue weighted by Crippen LogP contribution is 2.53. The molecule has 6 fully saturated rings. The van der Waals surface area contributed by atoms with Crippen LogP contribution in [0, 0.1) is 69.9 Å². The standard InChI is InChI=1S/2C20H31NO3.4C19H29NO3/c2*1-20(2,3)11-14-12-21-7-6-13-8-18(23-4)19(24-5)9-15(13)16(21)10-17(14)22;4*1-12(2)7-14-11-20-6-5-13-8-18(22-3)19(23-4)9-15(13)16(20)10-17(14)21/h2*8-9,14,16-17,22H,6-7,10-12H2,1-5H3;4*8-9,12,14,16-17,21H,5-7,10-11H2,1-4H3/i1D3,2D3,10D2,11D2,12D2,14D,17D;1D3,2D3,4D3,5D3,11D2,12D2;4D3,10D2,11D2,14D,17D;3D3,10D2,11D2,14D,17D;10D2,11D2,14D,17D;3D3,4D3,11D2. The van der Waals surface area contributed by atoms with Crippen molar-refractivity contribution in [2.75, 3.05) is 163 Å². The van der Waals surface area contributed by atoms with Crippen LogP contribution < -0.4 is 56.8 Å². The molecule has 18 unspecified atom stereocenters. The van der Waals surface area contributed by atoms with Gasteiger partial charge in [-0.15, -0.1) is 0 Å². The Kier molecular flexibility index (Phi) is 18.7. The van der Waals surface area contributed by atoms with Gasteiger partial charge in [0.1, 0.15) is 0 Å². The van der Waals surface area contributed by atoms with Crippen molar-refractivity contribution in [3.05, 3.63) is 140 Å². The van der Waals surface area contributed by atoms with Gasteiger partial charge < -0.3 is 87.5 Å². The largest absolute Gasteiger partial charge is 0.493 e. The minimum atomic E-state index is -4.02. The van der Waals surface area contributed by atoms with E-state index in [0.29, 0.717) is 84.5 Å². The molecule has 18 rings (SSSR count). The van der Waals surface area contributed by atoms with E-state index in [9.17, 15) is 30.6 Å². The summed E-state index contributed by atoms with van der Waals surface area (Å²) >= 11 is 0. The maximum Gasteiger partial charge on any atom is 0.161 e. The van der Waals surface area contributed by atoms with Crippen LogP contribution in [0.1, 0.15) is 361 Å². The second-order valence-corrected chi connectivity index (χ2v) is 38.2. The number of rotatable bonds is 22. The minimum Gasteiger partial charge on any atom is -0.493 e. The molecule has 6 saturated heterocycles. The summed E-state index contributed by atoms with van der Waals surface area (Å²) in [5, 5.41) is 66.7. The molecular weight excluding hydrogens is 1770 g/mol. The number of hydrogen-bond acceptors (Lipinski definition) is 24. The first-order chi connectivity index (χ1) is 90.6. The Morgan fingerprint density at radius 2 is 0.514 bits per heavy atom. The van der Waals surface area contributed by atoms with Gasteiger partial charge in [0.2, 0.25) is 0 Å². The van der Waals surface area contributed by atoms with Crippen molar-refractivity contribution in [1.29, 1.82) is 0 Å². The molecule has 0 radical (unpaired) electrons. The molecule has 0 amide bonds. The molecule has 12 aliphatic rings. The first-order valence-corrected chi connectivity index (χ1v) is 46.9. The number of aliphatic hydroxyl groups is 6. The molecule has 6 aromatic rings. The zero-order valence-corrected chi connectivity index (χ0v) is 82.0. The predicted molar refractivity (Wildman–Crippen MR) is 556 cm³/mol. The van der Waals surface area contributed by atoms with Crippen LogP contribution in [0.3, 0.4) is 0 Å². The number of piperidine rings is 6. The Morgan fingerprint density at radius 3 is 0.771 bits per heavy atom. The van der Waals surface area contributed by atoms with Gasteiger partial charge in [-0.05, 0) is 325 Å². The van der Waals surface area contributed by atoms with Crippen LogP contribution in [0.2, 0.25) is 0 Å². The van der Waals surface area contributed by atoms with Crippen molar-refractivity contribution in [3.63, 3.8) is 0 Å². The van der Waals surface area contributed by atoms with Gasteiger partial charge in [-0.25, -0.2) is 0 Å². The second kappa shape index (κ2) is 48.6. The Morgan fingerprint density at radius 1 is 0.300 bits per heavy atom. The summed E-state index contributed by atoms with van der Waals surface area (Å²) in [6.45, 7) is -13.8. The van der Waals surface area contributed by atoms with Crippen molar-refractivity contribution in [1.82, 2.24) is 29.4 Å². The number of benzene rings is 6. The normalized spacial score (nSPS) is 42.9.